The summed E-state index contributed by atoms with van der Waals surface area (Å²) in [6.07, 6.45) is 5.29. The number of hydrogen-bond acceptors (Lipinski definition) is 3. The Hall–Kier alpha value is -2.04. The van der Waals surface area contributed by atoms with Crippen LogP contribution in [0.25, 0.3) is 0 Å². The lowest BCUT2D eigenvalue weighted by Crippen LogP contribution is -2.37. The van der Waals surface area contributed by atoms with Gasteiger partial charge in [-0.1, -0.05) is 31.4 Å². The molecule has 0 spiro atoms. The van der Waals surface area contributed by atoms with Gasteiger partial charge in [-0.25, -0.2) is 0 Å². The third-order valence-corrected chi connectivity index (χ3v) is 3.92. The van der Waals surface area contributed by atoms with Crippen LogP contribution >= 0.6 is 0 Å². The lowest BCUT2D eigenvalue weighted by Gasteiger charge is -2.20. The Kier molecular flexibility index (Phi) is 6.44. The molecule has 2 rings (SSSR count). The molecule has 2 N–H and O–H groups in total. The molecule has 1 aliphatic carbocycles. The summed E-state index contributed by atoms with van der Waals surface area (Å²) in [5.41, 5.74) is 0.623. The first-order valence-corrected chi connectivity index (χ1v) is 8.39. The van der Waals surface area contributed by atoms with Gasteiger partial charge in [-0.15, -0.1) is 0 Å². The average molecular weight is 318 g/mol. The van der Waals surface area contributed by atoms with E-state index in [2.05, 4.69) is 10.6 Å². The fourth-order valence-corrected chi connectivity index (χ4v) is 2.80. The van der Waals surface area contributed by atoms with Crippen LogP contribution in [0.3, 0.4) is 0 Å². The van der Waals surface area contributed by atoms with Crippen molar-refractivity contribution in [2.24, 2.45) is 5.92 Å². The van der Waals surface area contributed by atoms with E-state index < -0.39 is 0 Å². The van der Waals surface area contributed by atoms with Gasteiger partial charge in [0.15, 0.2) is 0 Å². The monoisotopic (exact) mass is 318 g/mol. The second-order valence-corrected chi connectivity index (χ2v) is 6.26. The number of amides is 2. The van der Waals surface area contributed by atoms with Crippen LogP contribution in [0, 0.1) is 5.92 Å². The minimum absolute atomic E-state index is 0.00781. The summed E-state index contributed by atoms with van der Waals surface area (Å²) in [5.74, 6) is 0.447. The predicted molar refractivity (Wildman–Crippen MR) is 90.4 cm³/mol. The van der Waals surface area contributed by atoms with Crippen molar-refractivity contribution in [2.75, 3.05) is 11.9 Å². The number of rotatable bonds is 6. The zero-order valence-corrected chi connectivity index (χ0v) is 13.9. The Morgan fingerprint density at radius 3 is 2.57 bits per heavy atom. The second-order valence-electron chi connectivity index (χ2n) is 6.26. The number of carbonyl (C=O) groups excluding carboxylic acids is 2. The van der Waals surface area contributed by atoms with Crippen molar-refractivity contribution in [1.29, 1.82) is 0 Å². The highest BCUT2D eigenvalue weighted by molar-refractivity contribution is 5.95. The minimum Gasteiger partial charge on any atom is -0.489 e. The van der Waals surface area contributed by atoms with Crippen molar-refractivity contribution in [3.63, 3.8) is 0 Å². The minimum atomic E-state index is -0.242. The molecule has 1 aromatic rings. The van der Waals surface area contributed by atoms with Gasteiger partial charge in [0.05, 0.1) is 18.3 Å². The van der Waals surface area contributed by atoms with Crippen LogP contribution in [-0.4, -0.2) is 24.5 Å². The molecular formula is C18H26N2O3. The van der Waals surface area contributed by atoms with Crippen LogP contribution in [0.5, 0.6) is 5.75 Å². The van der Waals surface area contributed by atoms with Crippen LogP contribution in [0.15, 0.2) is 24.3 Å². The molecule has 0 aromatic heterocycles. The van der Waals surface area contributed by atoms with E-state index in [1.54, 1.807) is 6.07 Å². The molecule has 0 radical (unpaired) electrons. The van der Waals surface area contributed by atoms with Crippen molar-refractivity contribution in [2.45, 2.75) is 52.1 Å². The maximum absolute atomic E-state index is 12.1. The molecule has 0 heterocycles. The van der Waals surface area contributed by atoms with Crippen molar-refractivity contribution in [3.05, 3.63) is 24.3 Å². The molecule has 23 heavy (non-hydrogen) atoms. The van der Waals surface area contributed by atoms with Gasteiger partial charge in [0, 0.05) is 5.92 Å². The summed E-state index contributed by atoms with van der Waals surface area (Å²) in [6.45, 7) is 3.86. The molecule has 0 aliphatic heterocycles. The lowest BCUT2D eigenvalue weighted by atomic mass is 9.89. The topological polar surface area (TPSA) is 67.4 Å². The summed E-state index contributed by atoms with van der Waals surface area (Å²) in [4.78, 5) is 24.1. The van der Waals surface area contributed by atoms with Crippen LogP contribution in [0.2, 0.25) is 0 Å². The number of hydrogen-bond donors (Lipinski definition) is 2. The number of anilines is 1. The number of ether oxygens (including phenoxy) is 1. The standard InChI is InChI=1S/C18H26N2O3/c1-13(2)23-16-11-7-6-10-15(16)20-17(21)12-19-18(22)14-8-4-3-5-9-14/h6-7,10-11,13-14H,3-5,8-9,12H2,1-2H3,(H,19,22)(H,20,21). The number of para-hydroxylation sites is 2. The molecule has 0 bridgehead atoms. The summed E-state index contributed by atoms with van der Waals surface area (Å²) < 4.78 is 5.66. The summed E-state index contributed by atoms with van der Waals surface area (Å²) in [5, 5.41) is 5.54. The van der Waals surface area contributed by atoms with Gasteiger partial charge in [0.2, 0.25) is 11.8 Å². The maximum Gasteiger partial charge on any atom is 0.243 e. The van der Waals surface area contributed by atoms with Crippen LogP contribution < -0.4 is 15.4 Å². The van der Waals surface area contributed by atoms with E-state index in [1.807, 2.05) is 32.0 Å². The van der Waals surface area contributed by atoms with E-state index in [-0.39, 0.29) is 30.4 Å². The highest BCUT2D eigenvalue weighted by atomic mass is 16.5. The highest BCUT2D eigenvalue weighted by Gasteiger charge is 2.21. The molecule has 1 aliphatic rings. The molecule has 0 unspecified atom stereocenters. The van der Waals surface area contributed by atoms with Gasteiger partial charge < -0.3 is 15.4 Å². The van der Waals surface area contributed by atoms with Crippen molar-refractivity contribution >= 4 is 17.5 Å². The van der Waals surface area contributed by atoms with Crippen molar-refractivity contribution in [3.8, 4) is 5.75 Å². The predicted octanol–water partition coefficient (Wildman–Crippen LogP) is 3.11. The third-order valence-electron chi connectivity index (χ3n) is 3.92. The fourth-order valence-electron chi connectivity index (χ4n) is 2.80. The van der Waals surface area contributed by atoms with E-state index in [0.717, 1.165) is 25.7 Å². The SMILES string of the molecule is CC(C)Oc1ccccc1NC(=O)CNC(=O)C1CCCCC1. The zero-order chi connectivity index (χ0) is 16.7. The largest absolute Gasteiger partial charge is 0.489 e. The Morgan fingerprint density at radius 1 is 1.17 bits per heavy atom. The Labute approximate surface area is 137 Å². The molecule has 0 atom stereocenters. The van der Waals surface area contributed by atoms with Crippen molar-refractivity contribution in [1.82, 2.24) is 5.32 Å². The fraction of sp³-hybridized carbons (Fsp3) is 0.556. The van der Waals surface area contributed by atoms with Gasteiger partial charge in [-0.3, -0.25) is 9.59 Å². The van der Waals surface area contributed by atoms with E-state index in [9.17, 15) is 9.59 Å². The highest BCUT2D eigenvalue weighted by Crippen LogP contribution is 2.25. The molecule has 5 heteroatoms. The summed E-state index contributed by atoms with van der Waals surface area (Å²) >= 11 is 0. The average Bonchev–Trinajstić information content (AvgIpc) is 2.55. The molecule has 5 nitrogen and oxygen atoms in total. The summed E-state index contributed by atoms with van der Waals surface area (Å²) in [6, 6.07) is 7.30. The van der Waals surface area contributed by atoms with E-state index in [0.29, 0.717) is 11.4 Å². The Balaban J connectivity index is 1.84. The van der Waals surface area contributed by atoms with Gasteiger partial charge in [-0.2, -0.15) is 0 Å². The van der Waals surface area contributed by atoms with Crippen LogP contribution in [0.4, 0.5) is 5.69 Å². The first kappa shape index (κ1) is 17.3. The molecule has 1 fully saturated rings. The van der Waals surface area contributed by atoms with Gasteiger partial charge in [-0.05, 0) is 38.8 Å². The summed E-state index contributed by atoms with van der Waals surface area (Å²) in [7, 11) is 0. The normalized spacial score (nSPS) is 15.3. The van der Waals surface area contributed by atoms with Gasteiger partial charge in [0.25, 0.3) is 0 Å². The first-order chi connectivity index (χ1) is 11.1. The smallest absolute Gasteiger partial charge is 0.243 e. The Bertz CT molecular complexity index is 537. The van der Waals surface area contributed by atoms with Gasteiger partial charge >= 0.3 is 0 Å². The number of carbonyl (C=O) groups is 2. The third kappa shape index (κ3) is 5.58. The van der Waals surface area contributed by atoms with Crippen LogP contribution in [-0.2, 0) is 9.59 Å². The molecule has 2 amide bonds. The van der Waals surface area contributed by atoms with Gasteiger partial charge in [0.1, 0.15) is 5.75 Å². The van der Waals surface area contributed by atoms with E-state index >= 15 is 0 Å². The van der Waals surface area contributed by atoms with Crippen molar-refractivity contribution < 1.29 is 14.3 Å². The zero-order valence-electron chi connectivity index (χ0n) is 13.9. The van der Waals surface area contributed by atoms with Crippen LogP contribution in [0.1, 0.15) is 46.0 Å². The van der Waals surface area contributed by atoms with E-state index in [1.165, 1.54) is 6.42 Å². The molecule has 1 saturated carbocycles. The Morgan fingerprint density at radius 2 is 1.87 bits per heavy atom. The number of benzene rings is 1. The molecule has 126 valence electrons. The second kappa shape index (κ2) is 8.56. The molecule has 1 aromatic carbocycles. The van der Waals surface area contributed by atoms with E-state index in [4.69, 9.17) is 4.74 Å². The molecule has 0 saturated heterocycles. The number of nitrogens with one attached hydrogen (secondary N) is 2. The lowest BCUT2D eigenvalue weighted by molar-refractivity contribution is -0.128. The molecular weight excluding hydrogens is 292 g/mol. The first-order valence-electron chi connectivity index (χ1n) is 8.39. The quantitative estimate of drug-likeness (QED) is 0.847. The maximum atomic E-state index is 12.1.